The molecule has 1 fully saturated rings. The first-order chi connectivity index (χ1) is 8.93. The molecule has 5 heteroatoms. The van der Waals surface area contributed by atoms with E-state index in [4.69, 9.17) is 0 Å². The summed E-state index contributed by atoms with van der Waals surface area (Å²) in [5, 5.41) is 5.41. The summed E-state index contributed by atoms with van der Waals surface area (Å²) in [6.07, 6.45) is 10.7. The monoisotopic (exact) mass is 245 g/mol. The van der Waals surface area contributed by atoms with Gasteiger partial charge in [0, 0.05) is 12.7 Å². The van der Waals surface area contributed by atoms with Gasteiger partial charge >= 0.3 is 0 Å². The number of nitrogens with zero attached hydrogens (tertiary/aromatic N) is 5. The first-order valence-corrected chi connectivity index (χ1v) is 6.77. The van der Waals surface area contributed by atoms with Gasteiger partial charge in [-0.2, -0.15) is 5.10 Å². The molecule has 3 heterocycles. The van der Waals surface area contributed by atoms with Crippen LogP contribution >= 0.6 is 0 Å². The summed E-state index contributed by atoms with van der Waals surface area (Å²) in [4.78, 5) is 10.9. The Morgan fingerprint density at radius 3 is 2.67 bits per heavy atom. The Balaban J connectivity index is 1.65. The van der Waals surface area contributed by atoms with Gasteiger partial charge in [-0.1, -0.05) is 12.8 Å². The van der Waals surface area contributed by atoms with Crippen LogP contribution in [0.3, 0.4) is 0 Å². The maximum atomic E-state index is 4.39. The Morgan fingerprint density at radius 1 is 1.00 bits per heavy atom. The number of aromatic nitrogens is 4. The van der Waals surface area contributed by atoms with Crippen LogP contribution in [0.4, 0.5) is 0 Å². The van der Waals surface area contributed by atoms with Crippen LogP contribution in [0.5, 0.6) is 0 Å². The molecule has 0 saturated carbocycles. The number of likely N-dealkylation sites (tertiary alicyclic amines) is 1. The lowest BCUT2D eigenvalue weighted by Gasteiger charge is -2.19. The highest BCUT2D eigenvalue weighted by Gasteiger charge is 2.10. The van der Waals surface area contributed by atoms with Gasteiger partial charge in [0.1, 0.15) is 6.33 Å². The molecule has 2 aromatic heterocycles. The summed E-state index contributed by atoms with van der Waals surface area (Å²) in [7, 11) is 0. The lowest BCUT2D eigenvalue weighted by molar-refractivity contribution is 0.270. The van der Waals surface area contributed by atoms with Crippen molar-refractivity contribution in [1.82, 2.24) is 24.6 Å². The first kappa shape index (κ1) is 11.6. The quantitative estimate of drug-likeness (QED) is 0.825. The Hall–Kier alpha value is -1.49. The van der Waals surface area contributed by atoms with Gasteiger partial charge in [0.15, 0.2) is 5.65 Å². The lowest BCUT2D eigenvalue weighted by atomic mass is 10.2. The minimum Gasteiger partial charge on any atom is -0.301 e. The molecular formula is C13H19N5. The molecule has 0 aromatic carbocycles. The second-order valence-electron chi connectivity index (χ2n) is 4.93. The van der Waals surface area contributed by atoms with E-state index < -0.39 is 0 Å². The highest BCUT2D eigenvalue weighted by molar-refractivity contribution is 5.72. The Bertz CT molecular complexity index is 499. The number of hydrogen-bond acceptors (Lipinski definition) is 4. The molecule has 0 N–H and O–H groups in total. The summed E-state index contributed by atoms with van der Waals surface area (Å²) in [5.41, 5.74) is 0.944. The molecule has 0 atom stereocenters. The first-order valence-electron chi connectivity index (χ1n) is 6.77. The van der Waals surface area contributed by atoms with Gasteiger partial charge in [0.2, 0.25) is 0 Å². The normalized spacial score (nSPS) is 18.0. The van der Waals surface area contributed by atoms with E-state index in [-0.39, 0.29) is 0 Å². The number of rotatable bonds is 3. The van der Waals surface area contributed by atoms with E-state index in [1.165, 1.54) is 38.8 Å². The minimum atomic E-state index is 0.917. The summed E-state index contributed by atoms with van der Waals surface area (Å²) < 4.78 is 1.99. The van der Waals surface area contributed by atoms with Crippen LogP contribution in [0, 0.1) is 0 Å². The molecule has 1 saturated heterocycles. The van der Waals surface area contributed by atoms with Crippen molar-refractivity contribution < 1.29 is 0 Å². The molecule has 3 rings (SSSR count). The van der Waals surface area contributed by atoms with Crippen LogP contribution in [0.2, 0.25) is 0 Å². The predicted octanol–water partition coefficient (Wildman–Crippen LogP) is 1.70. The molecule has 1 aliphatic rings. The molecule has 1 aliphatic heterocycles. The summed E-state index contributed by atoms with van der Waals surface area (Å²) in [6.45, 7) is 4.45. The molecule has 0 amide bonds. The highest BCUT2D eigenvalue weighted by atomic mass is 15.3. The fraction of sp³-hybridized carbons (Fsp3) is 0.615. The average Bonchev–Trinajstić information content (AvgIpc) is 2.64. The van der Waals surface area contributed by atoms with Crippen LogP contribution in [0.25, 0.3) is 11.0 Å². The van der Waals surface area contributed by atoms with Crippen LogP contribution in [0.15, 0.2) is 18.7 Å². The molecule has 2 aromatic rings. The maximum Gasteiger partial charge on any atom is 0.161 e. The fourth-order valence-corrected chi connectivity index (χ4v) is 2.59. The van der Waals surface area contributed by atoms with Crippen molar-refractivity contribution in [3.8, 4) is 0 Å². The van der Waals surface area contributed by atoms with Gasteiger partial charge < -0.3 is 4.90 Å². The van der Waals surface area contributed by atoms with Crippen molar-refractivity contribution in [2.24, 2.45) is 0 Å². The molecule has 0 radical (unpaired) electrons. The Morgan fingerprint density at radius 2 is 1.83 bits per heavy atom. The molecule has 0 aliphatic carbocycles. The predicted molar refractivity (Wildman–Crippen MR) is 70.2 cm³/mol. The second-order valence-corrected chi connectivity index (χ2v) is 4.93. The van der Waals surface area contributed by atoms with Crippen molar-refractivity contribution >= 4 is 11.0 Å². The lowest BCUT2D eigenvalue weighted by Crippen LogP contribution is -2.28. The van der Waals surface area contributed by atoms with E-state index in [9.17, 15) is 0 Å². The van der Waals surface area contributed by atoms with Crippen molar-refractivity contribution in [2.75, 3.05) is 19.6 Å². The SMILES string of the molecule is c1ncc2cnn(CCN3CCCCCC3)c2n1. The third kappa shape index (κ3) is 2.51. The van der Waals surface area contributed by atoms with Gasteiger partial charge in [-0.15, -0.1) is 0 Å². The molecule has 0 bridgehead atoms. The van der Waals surface area contributed by atoms with Gasteiger partial charge in [0.25, 0.3) is 0 Å². The third-order valence-electron chi connectivity index (χ3n) is 3.63. The summed E-state index contributed by atoms with van der Waals surface area (Å²) in [6, 6.07) is 0. The van der Waals surface area contributed by atoms with E-state index in [2.05, 4.69) is 20.0 Å². The summed E-state index contributed by atoms with van der Waals surface area (Å²) >= 11 is 0. The Labute approximate surface area is 107 Å². The average molecular weight is 245 g/mol. The van der Waals surface area contributed by atoms with Gasteiger partial charge in [-0.25, -0.2) is 14.6 Å². The minimum absolute atomic E-state index is 0.917. The van der Waals surface area contributed by atoms with Gasteiger partial charge in [-0.3, -0.25) is 0 Å². The number of fused-ring (bicyclic) bond motifs is 1. The topological polar surface area (TPSA) is 46.8 Å². The van der Waals surface area contributed by atoms with Gasteiger partial charge in [0.05, 0.1) is 18.1 Å². The van der Waals surface area contributed by atoms with Crippen molar-refractivity contribution in [3.63, 3.8) is 0 Å². The molecule has 5 nitrogen and oxygen atoms in total. The number of hydrogen-bond donors (Lipinski definition) is 0. The highest BCUT2D eigenvalue weighted by Crippen LogP contribution is 2.11. The van der Waals surface area contributed by atoms with E-state index in [1.54, 1.807) is 6.33 Å². The van der Waals surface area contributed by atoms with Crippen LogP contribution in [-0.4, -0.2) is 44.3 Å². The smallest absolute Gasteiger partial charge is 0.161 e. The molecule has 0 spiro atoms. The second kappa shape index (κ2) is 5.44. The zero-order valence-electron chi connectivity index (χ0n) is 10.6. The van der Waals surface area contributed by atoms with Crippen molar-refractivity contribution in [3.05, 3.63) is 18.7 Å². The molecule has 18 heavy (non-hydrogen) atoms. The molecule has 96 valence electrons. The van der Waals surface area contributed by atoms with Crippen LogP contribution in [0.1, 0.15) is 25.7 Å². The Kier molecular flexibility index (Phi) is 3.50. The zero-order chi connectivity index (χ0) is 12.2. The zero-order valence-corrected chi connectivity index (χ0v) is 10.6. The standard InChI is InChI=1S/C13H19N5/c1-2-4-6-17(5-3-1)7-8-18-13-12(10-16-18)9-14-11-15-13/h9-11H,1-8H2. The fourth-order valence-electron chi connectivity index (χ4n) is 2.59. The van der Waals surface area contributed by atoms with Crippen LogP contribution < -0.4 is 0 Å². The van der Waals surface area contributed by atoms with Crippen molar-refractivity contribution in [2.45, 2.75) is 32.2 Å². The molecule has 0 unspecified atom stereocenters. The van der Waals surface area contributed by atoms with E-state index in [0.29, 0.717) is 0 Å². The van der Waals surface area contributed by atoms with E-state index in [0.717, 1.165) is 24.1 Å². The summed E-state index contributed by atoms with van der Waals surface area (Å²) in [5.74, 6) is 0. The maximum absolute atomic E-state index is 4.39. The largest absolute Gasteiger partial charge is 0.301 e. The van der Waals surface area contributed by atoms with E-state index in [1.807, 2.05) is 17.1 Å². The third-order valence-corrected chi connectivity index (χ3v) is 3.63. The van der Waals surface area contributed by atoms with Crippen LogP contribution in [-0.2, 0) is 6.54 Å². The van der Waals surface area contributed by atoms with Gasteiger partial charge in [-0.05, 0) is 25.9 Å². The molecular weight excluding hydrogens is 226 g/mol. The van der Waals surface area contributed by atoms with Crippen molar-refractivity contribution in [1.29, 1.82) is 0 Å². The van der Waals surface area contributed by atoms with E-state index >= 15 is 0 Å².